The first kappa shape index (κ1) is 12.0. The summed E-state index contributed by atoms with van der Waals surface area (Å²) >= 11 is 0. The fourth-order valence-corrected chi connectivity index (χ4v) is 2.74. The molecular weight excluding hydrogens is 224 g/mol. The van der Waals surface area contributed by atoms with E-state index in [2.05, 4.69) is 39.9 Å². The first-order valence-corrected chi connectivity index (χ1v) is 7.32. The molecule has 1 aliphatic carbocycles. The van der Waals surface area contributed by atoms with Crippen molar-refractivity contribution in [3.63, 3.8) is 0 Å². The largest absolute Gasteiger partial charge is 0.353 e. The molecule has 100 valence electrons. The van der Waals surface area contributed by atoms with Crippen LogP contribution in [0.5, 0.6) is 0 Å². The molecule has 1 aliphatic heterocycles. The summed E-state index contributed by atoms with van der Waals surface area (Å²) in [6.07, 6.45) is 3.92. The molecule has 4 nitrogen and oxygen atoms in total. The first-order chi connectivity index (χ1) is 8.78. The Morgan fingerprint density at radius 2 is 2.06 bits per heavy atom. The highest BCUT2D eigenvalue weighted by Gasteiger charge is 2.27. The number of piperazine rings is 1. The van der Waals surface area contributed by atoms with Crippen molar-refractivity contribution in [2.45, 2.75) is 45.1 Å². The van der Waals surface area contributed by atoms with Gasteiger partial charge in [0.15, 0.2) is 5.82 Å². The predicted molar refractivity (Wildman–Crippen MR) is 74.1 cm³/mol. The summed E-state index contributed by atoms with van der Waals surface area (Å²) in [5, 5.41) is 7.68. The summed E-state index contributed by atoms with van der Waals surface area (Å²) in [4.78, 5) is 5.01. The zero-order chi connectivity index (χ0) is 12.5. The Morgan fingerprint density at radius 3 is 2.67 bits per heavy atom. The highest BCUT2D eigenvalue weighted by molar-refractivity contribution is 5.41. The quantitative estimate of drug-likeness (QED) is 0.887. The van der Waals surface area contributed by atoms with Gasteiger partial charge in [0, 0.05) is 49.9 Å². The average molecular weight is 248 g/mol. The Kier molecular flexibility index (Phi) is 3.29. The predicted octanol–water partition coefficient (Wildman–Crippen LogP) is 2.21. The first-order valence-electron chi connectivity index (χ1n) is 7.32. The van der Waals surface area contributed by atoms with Crippen LogP contribution in [0.25, 0.3) is 0 Å². The molecule has 2 fully saturated rings. The van der Waals surface area contributed by atoms with Crippen LogP contribution in [0.4, 0.5) is 5.82 Å². The molecule has 2 heterocycles. The second kappa shape index (κ2) is 4.92. The Morgan fingerprint density at radius 1 is 1.33 bits per heavy atom. The zero-order valence-electron chi connectivity index (χ0n) is 11.5. The molecule has 1 N–H and O–H groups in total. The maximum Gasteiger partial charge on any atom is 0.150 e. The minimum absolute atomic E-state index is 0.716. The second-order valence-corrected chi connectivity index (χ2v) is 5.74. The smallest absolute Gasteiger partial charge is 0.150 e. The minimum Gasteiger partial charge on any atom is -0.353 e. The fraction of sp³-hybridized carbons (Fsp3) is 0.786. The van der Waals surface area contributed by atoms with Crippen LogP contribution >= 0.6 is 0 Å². The number of nitrogens with zero attached hydrogens (tertiary/aromatic N) is 3. The minimum atomic E-state index is 0.716. The Labute approximate surface area is 109 Å². The van der Waals surface area contributed by atoms with E-state index in [4.69, 9.17) is 0 Å². The normalized spacial score (nSPS) is 23.3. The molecular formula is C14H24N4. The Bertz CT molecular complexity index is 388. The van der Waals surface area contributed by atoms with E-state index in [0.717, 1.165) is 24.8 Å². The van der Waals surface area contributed by atoms with E-state index >= 15 is 0 Å². The van der Waals surface area contributed by atoms with Crippen molar-refractivity contribution in [3.05, 3.63) is 11.8 Å². The van der Waals surface area contributed by atoms with Gasteiger partial charge in [0.1, 0.15) is 0 Å². The number of anilines is 1. The van der Waals surface area contributed by atoms with E-state index in [1.807, 2.05) is 0 Å². The molecule has 0 aromatic carbocycles. The van der Waals surface area contributed by atoms with Gasteiger partial charge in [0.25, 0.3) is 0 Å². The van der Waals surface area contributed by atoms with Gasteiger partial charge in [-0.1, -0.05) is 6.92 Å². The lowest BCUT2D eigenvalue weighted by Gasteiger charge is -2.37. The number of H-pyrrole nitrogens is 1. The van der Waals surface area contributed by atoms with Crippen LogP contribution < -0.4 is 4.90 Å². The molecule has 1 saturated carbocycles. The summed E-state index contributed by atoms with van der Waals surface area (Å²) in [7, 11) is 0. The van der Waals surface area contributed by atoms with E-state index in [9.17, 15) is 0 Å². The summed E-state index contributed by atoms with van der Waals surface area (Å²) in [6.45, 7) is 9.15. The fourth-order valence-electron chi connectivity index (χ4n) is 2.74. The van der Waals surface area contributed by atoms with Crippen LogP contribution in [0.3, 0.4) is 0 Å². The molecule has 18 heavy (non-hydrogen) atoms. The lowest BCUT2D eigenvalue weighted by molar-refractivity contribution is 0.192. The molecule has 1 atom stereocenters. The average Bonchev–Trinajstić information content (AvgIpc) is 3.16. The molecule has 0 bridgehead atoms. The van der Waals surface area contributed by atoms with Crippen molar-refractivity contribution in [1.29, 1.82) is 0 Å². The number of nitrogens with one attached hydrogen (secondary N) is 1. The maximum atomic E-state index is 4.47. The van der Waals surface area contributed by atoms with Crippen molar-refractivity contribution < 1.29 is 0 Å². The van der Waals surface area contributed by atoms with Crippen LogP contribution in [0.15, 0.2) is 6.07 Å². The van der Waals surface area contributed by atoms with Crippen molar-refractivity contribution in [1.82, 2.24) is 15.1 Å². The number of rotatable bonds is 4. The summed E-state index contributed by atoms with van der Waals surface area (Å²) in [6, 6.07) is 2.98. The maximum absolute atomic E-state index is 4.47. The van der Waals surface area contributed by atoms with Crippen LogP contribution in [-0.4, -0.2) is 47.3 Å². The van der Waals surface area contributed by atoms with Crippen molar-refractivity contribution >= 4 is 5.82 Å². The molecule has 4 heteroatoms. The number of aromatic nitrogens is 2. The van der Waals surface area contributed by atoms with E-state index < -0.39 is 0 Å². The van der Waals surface area contributed by atoms with E-state index in [1.54, 1.807) is 0 Å². The molecule has 0 spiro atoms. The third-order valence-corrected chi connectivity index (χ3v) is 4.45. The monoisotopic (exact) mass is 248 g/mol. The molecule has 3 rings (SSSR count). The van der Waals surface area contributed by atoms with Crippen LogP contribution in [0.1, 0.15) is 44.7 Å². The molecule has 2 aliphatic rings. The molecule has 0 radical (unpaired) electrons. The third kappa shape index (κ3) is 2.39. The van der Waals surface area contributed by atoms with Gasteiger partial charge in [-0.2, -0.15) is 5.10 Å². The van der Waals surface area contributed by atoms with E-state index in [1.165, 1.54) is 38.0 Å². The van der Waals surface area contributed by atoms with Crippen LogP contribution in [0.2, 0.25) is 0 Å². The van der Waals surface area contributed by atoms with Gasteiger partial charge in [-0.05, 0) is 26.2 Å². The summed E-state index contributed by atoms with van der Waals surface area (Å²) < 4.78 is 0. The van der Waals surface area contributed by atoms with Crippen LogP contribution in [0, 0.1) is 0 Å². The van der Waals surface area contributed by atoms with E-state index in [-0.39, 0.29) is 0 Å². The lowest BCUT2D eigenvalue weighted by atomic mass is 10.2. The van der Waals surface area contributed by atoms with Gasteiger partial charge in [0.05, 0.1) is 0 Å². The second-order valence-electron chi connectivity index (χ2n) is 5.74. The van der Waals surface area contributed by atoms with Crippen molar-refractivity contribution in [2.24, 2.45) is 0 Å². The number of hydrogen-bond donors (Lipinski definition) is 1. The van der Waals surface area contributed by atoms with Gasteiger partial charge < -0.3 is 4.90 Å². The molecule has 0 unspecified atom stereocenters. The molecule has 1 aromatic rings. The Hall–Kier alpha value is -1.03. The lowest BCUT2D eigenvalue weighted by Crippen LogP contribution is -2.49. The zero-order valence-corrected chi connectivity index (χ0v) is 11.5. The standard InChI is InChI=1S/C14H24N4/c1-3-11(2)17-6-8-18(9-7-17)14-10-13(15-16-14)12-4-5-12/h10-12H,3-9H2,1-2H3,(H,15,16)/t11-/m0/s1. The van der Waals surface area contributed by atoms with Crippen LogP contribution in [-0.2, 0) is 0 Å². The van der Waals surface area contributed by atoms with Crippen molar-refractivity contribution in [3.8, 4) is 0 Å². The van der Waals surface area contributed by atoms with Gasteiger partial charge in [-0.15, -0.1) is 0 Å². The SMILES string of the molecule is CC[C@H](C)N1CCN(c2cc(C3CC3)[nH]n2)CC1. The third-order valence-electron chi connectivity index (χ3n) is 4.45. The summed E-state index contributed by atoms with van der Waals surface area (Å²) in [5.74, 6) is 1.92. The number of aromatic amines is 1. The molecule has 0 amide bonds. The van der Waals surface area contributed by atoms with Gasteiger partial charge in [-0.3, -0.25) is 10.00 Å². The highest BCUT2D eigenvalue weighted by Crippen LogP contribution is 2.39. The van der Waals surface area contributed by atoms with Gasteiger partial charge >= 0.3 is 0 Å². The topological polar surface area (TPSA) is 35.2 Å². The highest BCUT2D eigenvalue weighted by atomic mass is 15.3. The van der Waals surface area contributed by atoms with Gasteiger partial charge in [-0.25, -0.2) is 0 Å². The Balaban J connectivity index is 1.58. The summed E-state index contributed by atoms with van der Waals surface area (Å²) in [5.41, 5.74) is 1.34. The number of hydrogen-bond acceptors (Lipinski definition) is 3. The van der Waals surface area contributed by atoms with E-state index in [0.29, 0.717) is 6.04 Å². The molecule has 1 aromatic heterocycles. The van der Waals surface area contributed by atoms with Gasteiger partial charge in [0.2, 0.25) is 0 Å². The van der Waals surface area contributed by atoms with Crippen molar-refractivity contribution in [2.75, 3.05) is 31.1 Å². The molecule has 1 saturated heterocycles.